The van der Waals surface area contributed by atoms with Crippen molar-refractivity contribution in [1.29, 1.82) is 0 Å². The third-order valence-electron chi connectivity index (χ3n) is 7.75. The molecule has 0 bridgehead atoms. The van der Waals surface area contributed by atoms with Crippen molar-refractivity contribution in [3.8, 4) is 5.75 Å². The largest absolute Gasteiger partial charge is 0.494 e. The Morgan fingerprint density at radius 3 is 2.08 bits per heavy atom. The Bertz CT molecular complexity index is 1640. The molecule has 11 heteroatoms. The van der Waals surface area contributed by atoms with E-state index in [1.807, 2.05) is 71.3 Å². The second kappa shape index (κ2) is 19.1. The zero-order valence-corrected chi connectivity index (χ0v) is 28.6. The Morgan fingerprint density at radius 2 is 1.45 bits per heavy atom. The maximum atomic E-state index is 11.4. The first-order valence-corrected chi connectivity index (χ1v) is 17.1. The maximum Gasteiger partial charge on any atom is 0.317 e. The number of carboxylic acid groups (broad SMARTS) is 2. The molecule has 0 fully saturated rings. The molecule has 0 amide bonds. The number of fused-ring (bicyclic) bond motifs is 2. The highest BCUT2D eigenvalue weighted by Crippen LogP contribution is 2.47. The summed E-state index contributed by atoms with van der Waals surface area (Å²) in [5, 5.41) is 17.9. The Balaban J connectivity index is 0.000000386. The van der Waals surface area contributed by atoms with Gasteiger partial charge in [0.15, 0.2) is 5.96 Å². The van der Waals surface area contributed by atoms with Crippen molar-refractivity contribution >= 4 is 41.0 Å². The molecule has 1 aliphatic rings. The SMILES string of the molecule is CC(CCCN=C(N)N)C(=O)O.O=C(O)CN(Cc1ccccc1)Cc1cccc(OCCCN2c3ccccc3Sc3ccccc32)c1. The summed E-state index contributed by atoms with van der Waals surface area (Å²) in [5.74, 6) is -1.07. The molecular weight excluding hydrogens is 639 g/mol. The molecule has 0 aromatic heterocycles. The average Bonchev–Trinajstić information content (AvgIpc) is 3.08. The number of nitrogens with zero attached hydrogens (tertiary/aromatic N) is 3. The molecule has 0 saturated carbocycles. The lowest BCUT2D eigenvalue weighted by Crippen LogP contribution is -2.29. The molecule has 0 aliphatic carbocycles. The second-order valence-corrected chi connectivity index (χ2v) is 12.8. The zero-order chi connectivity index (χ0) is 35.0. The molecular formula is C38H45N5O5S. The minimum Gasteiger partial charge on any atom is -0.494 e. The van der Waals surface area contributed by atoms with Crippen molar-refractivity contribution in [3.63, 3.8) is 0 Å². The second-order valence-electron chi connectivity index (χ2n) is 11.8. The van der Waals surface area contributed by atoms with Crippen LogP contribution in [0.2, 0.25) is 0 Å². The highest BCUT2D eigenvalue weighted by Gasteiger charge is 2.22. The molecule has 0 saturated heterocycles. The summed E-state index contributed by atoms with van der Waals surface area (Å²) in [6.45, 7) is 4.72. The fourth-order valence-corrected chi connectivity index (χ4v) is 6.45. The van der Waals surface area contributed by atoms with E-state index in [1.54, 1.807) is 6.92 Å². The molecule has 4 aromatic carbocycles. The van der Waals surface area contributed by atoms with Gasteiger partial charge in [0.25, 0.3) is 0 Å². The van der Waals surface area contributed by atoms with E-state index in [4.69, 9.17) is 21.3 Å². The first-order chi connectivity index (χ1) is 23.7. The van der Waals surface area contributed by atoms with Crippen molar-refractivity contribution in [3.05, 3.63) is 114 Å². The van der Waals surface area contributed by atoms with Crippen molar-refractivity contribution in [2.75, 3.05) is 31.1 Å². The standard InChI is InChI=1S/C31H30N2O3S.C7H15N3O2/c34-31(35)23-32(21-24-10-2-1-3-11-24)22-25-12-8-13-26(20-25)36-19-9-18-33-27-14-4-6-16-29(27)37-30-17-7-5-15-28(30)33;1-5(6(11)12)3-2-4-10-7(8)9/h1-8,10-17,20H,9,18-19,21-23H2,(H,34,35);5H,2-4H2,1H3,(H,11,12)(H4,8,9,10). The molecule has 6 N–H and O–H groups in total. The normalized spacial score (nSPS) is 12.2. The number of aliphatic carboxylic acids is 2. The van der Waals surface area contributed by atoms with Gasteiger partial charge in [-0.3, -0.25) is 19.5 Å². The number of anilines is 2. The Kier molecular flexibility index (Phi) is 14.4. The van der Waals surface area contributed by atoms with Gasteiger partial charge in [0, 0.05) is 36.0 Å². The summed E-state index contributed by atoms with van der Waals surface area (Å²) >= 11 is 1.82. The molecule has 0 radical (unpaired) electrons. The fourth-order valence-electron chi connectivity index (χ4n) is 5.36. The molecule has 0 spiro atoms. The number of para-hydroxylation sites is 2. The third-order valence-corrected chi connectivity index (χ3v) is 8.88. The first kappa shape index (κ1) is 36.8. The van der Waals surface area contributed by atoms with Crippen LogP contribution in [0, 0.1) is 5.92 Å². The van der Waals surface area contributed by atoms with E-state index in [1.165, 1.54) is 21.2 Å². The minimum absolute atomic E-state index is 0.0168. The summed E-state index contributed by atoms with van der Waals surface area (Å²) in [7, 11) is 0. The lowest BCUT2D eigenvalue weighted by molar-refractivity contribution is -0.141. The maximum absolute atomic E-state index is 11.4. The molecule has 10 nitrogen and oxygen atoms in total. The summed E-state index contributed by atoms with van der Waals surface area (Å²) in [6.07, 6.45) is 2.17. The molecule has 1 aliphatic heterocycles. The number of ether oxygens (including phenoxy) is 1. The monoisotopic (exact) mass is 683 g/mol. The lowest BCUT2D eigenvalue weighted by atomic mass is 10.1. The van der Waals surface area contributed by atoms with Crippen LogP contribution in [0.25, 0.3) is 0 Å². The summed E-state index contributed by atoms with van der Waals surface area (Å²) in [5.41, 5.74) is 14.8. The number of hydrogen-bond acceptors (Lipinski definition) is 7. The van der Waals surface area contributed by atoms with Crippen molar-refractivity contribution in [2.24, 2.45) is 22.4 Å². The van der Waals surface area contributed by atoms with Gasteiger partial charge < -0.3 is 31.3 Å². The number of carboxylic acids is 2. The smallest absolute Gasteiger partial charge is 0.317 e. The van der Waals surface area contributed by atoms with Crippen molar-refractivity contribution < 1.29 is 24.5 Å². The molecule has 4 aromatic rings. The van der Waals surface area contributed by atoms with E-state index in [-0.39, 0.29) is 18.4 Å². The molecule has 1 unspecified atom stereocenters. The van der Waals surface area contributed by atoms with Crippen LogP contribution >= 0.6 is 11.8 Å². The van der Waals surface area contributed by atoms with Crippen LogP contribution in [0.4, 0.5) is 11.4 Å². The van der Waals surface area contributed by atoms with E-state index in [2.05, 4.69) is 58.4 Å². The van der Waals surface area contributed by atoms with Crippen LogP contribution in [0.5, 0.6) is 5.75 Å². The molecule has 258 valence electrons. The lowest BCUT2D eigenvalue weighted by Gasteiger charge is -2.32. The van der Waals surface area contributed by atoms with E-state index in [0.29, 0.717) is 39.1 Å². The average molecular weight is 684 g/mol. The number of nitrogens with two attached hydrogens (primary N) is 2. The molecule has 5 rings (SSSR count). The van der Waals surface area contributed by atoms with Crippen molar-refractivity contribution in [2.45, 2.75) is 49.1 Å². The predicted molar refractivity (Wildman–Crippen MR) is 195 cm³/mol. The quantitative estimate of drug-likeness (QED) is 0.0576. The van der Waals surface area contributed by atoms with Crippen LogP contribution in [0.3, 0.4) is 0 Å². The van der Waals surface area contributed by atoms with Crippen LogP contribution in [-0.4, -0.2) is 59.3 Å². The molecule has 1 heterocycles. The van der Waals surface area contributed by atoms with Gasteiger partial charge in [0.1, 0.15) is 5.75 Å². The molecule has 49 heavy (non-hydrogen) atoms. The van der Waals surface area contributed by atoms with Gasteiger partial charge in [-0.2, -0.15) is 0 Å². The topological polar surface area (TPSA) is 155 Å². The zero-order valence-electron chi connectivity index (χ0n) is 27.8. The van der Waals surface area contributed by atoms with Crippen LogP contribution in [0.15, 0.2) is 118 Å². The third kappa shape index (κ3) is 12.2. The number of aliphatic imine (C=N–C) groups is 1. The van der Waals surface area contributed by atoms with Gasteiger partial charge in [0.2, 0.25) is 0 Å². The van der Waals surface area contributed by atoms with Crippen molar-refractivity contribution in [1.82, 2.24) is 4.90 Å². The highest BCUT2D eigenvalue weighted by atomic mass is 32.2. The Hall–Kier alpha value is -5.00. The summed E-state index contributed by atoms with van der Waals surface area (Å²) in [4.78, 5) is 32.4. The van der Waals surface area contributed by atoms with Gasteiger partial charge in [-0.1, -0.05) is 85.4 Å². The number of hydrogen-bond donors (Lipinski definition) is 4. The number of rotatable bonds is 16. The molecule has 1 atom stereocenters. The van der Waals surface area contributed by atoms with Gasteiger partial charge >= 0.3 is 11.9 Å². The predicted octanol–water partition coefficient (Wildman–Crippen LogP) is 6.61. The first-order valence-electron chi connectivity index (χ1n) is 16.3. The van der Waals surface area contributed by atoms with Crippen LogP contribution < -0.4 is 21.1 Å². The van der Waals surface area contributed by atoms with Crippen LogP contribution in [0.1, 0.15) is 37.3 Å². The number of benzene rings is 4. The fraction of sp³-hybridized carbons (Fsp3) is 0.289. The van der Waals surface area contributed by atoms with E-state index >= 15 is 0 Å². The Morgan fingerprint density at radius 1 is 0.837 bits per heavy atom. The van der Waals surface area contributed by atoms with Crippen LogP contribution in [-0.2, 0) is 22.7 Å². The minimum atomic E-state index is -0.831. The highest BCUT2D eigenvalue weighted by molar-refractivity contribution is 7.99. The Labute approximate surface area is 292 Å². The van der Waals surface area contributed by atoms with E-state index in [9.17, 15) is 14.7 Å². The van der Waals surface area contributed by atoms with Gasteiger partial charge in [-0.15, -0.1) is 0 Å². The van der Waals surface area contributed by atoms with Gasteiger partial charge in [-0.05, 0) is 66.8 Å². The van der Waals surface area contributed by atoms with E-state index in [0.717, 1.165) is 29.8 Å². The number of guanidine groups is 1. The number of carbonyl (C=O) groups is 2. The van der Waals surface area contributed by atoms with Gasteiger partial charge in [-0.25, -0.2) is 0 Å². The summed E-state index contributed by atoms with van der Waals surface area (Å²) < 4.78 is 6.13. The van der Waals surface area contributed by atoms with E-state index < -0.39 is 11.9 Å². The van der Waals surface area contributed by atoms with Gasteiger partial charge in [0.05, 0.1) is 30.4 Å². The summed E-state index contributed by atoms with van der Waals surface area (Å²) in [6, 6.07) is 35.0.